The van der Waals surface area contributed by atoms with Crippen LogP contribution in [0.15, 0.2) is 48.5 Å². The monoisotopic (exact) mass is 548 g/mol. The molecule has 212 valence electrons. The summed E-state index contributed by atoms with van der Waals surface area (Å²) >= 11 is 0. The van der Waals surface area contributed by atoms with E-state index in [1.165, 1.54) is 18.4 Å². The van der Waals surface area contributed by atoms with Crippen LogP contribution in [0, 0.1) is 5.41 Å². The van der Waals surface area contributed by atoms with Gasteiger partial charge in [-0.25, -0.2) is 4.79 Å². The number of hydrogen-bond donors (Lipinski definition) is 1. The zero-order chi connectivity index (χ0) is 28.6. The largest absolute Gasteiger partial charge is 0.494 e. The first kappa shape index (κ1) is 30.1. The summed E-state index contributed by atoms with van der Waals surface area (Å²) in [4.78, 5) is 37.8. The van der Waals surface area contributed by atoms with E-state index in [0.717, 1.165) is 51.3 Å². The van der Waals surface area contributed by atoms with Crippen molar-refractivity contribution in [2.75, 3.05) is 32.8 Å². The predicted molar refractivity (Wildman–Crippen MR) is 140 cm³/mol. The first-order valence-corrected chi connectivity index (χ1v) is 13.1. The molecule has 2 aromatic carbocycles. The molecule has 2 saturated heterocycles. The molecule has 10 heteroatoms. The molecule has 0 unspecified atom stereocenters. The van der Waals surface area contributed by atoms with Crippen LogP contribution in [-0.2, 0) is 11.3 Å². The molecule has 2 heterocycles. The molecule has 7 nitrogen and oxygen atoms in total. The van der Waals surface area contributed by atoms with Gasteiger partial charge in [0.15, 0.2) is 5.78 Å². The predicted octanol–water partition coefficient (Wildman–Crippen LogP) is 5.44. The SMILES string of the molecule is CCOc1ccccc1CN1CCC2(CC1)CCN(C(=O)c1ccc(C(C)=O)cc1)CC2.O=C(O)C(F)(F)F. The molecule has 1 amide bonds. The first-order valence-electron chi connectivity index (χ1n) is 13.1. The van der Waals surface area contributed by atoms with Gasteiger partial charge in [-0.05, 0) is 76.2 Å². The number of nitrogens with zero attached hydrogens (tertiary/aromatic N) is 2. The number of hydrogen-bond acceptors (Lipinski definition) is 5. The molecule has 39 heavy (non-hydrogen) atoms. The molecule has 0 radical (unpaired) electrons. The van der Waals surface area contributed by atoms with Gasteiger partial charge in [-0.3, -0.25) is 14.5 Å². The Hall–Kier alpha value is -3.40. The van der Waals surface area contributed by atoms with Gasteiger partial charge >= 0.3 is 12.1 Å². The van der Waals surface area contributed by atoms with Crippen molar-refractivity contribution in [3.63, 3.8) is 0 Å². The second-order valence-corrected chi connectivity index (χ2v) is 10.0. The fourth-order valence-electron chi connectivity index (χ4n) is 5.07. The van der Waals surface area contributed by atoms with Crippen molar-refractivity contribution < 1.29 is 37.4 Å². The quantitative estimate of drug-likeness (QED) is 0.484. The minimum atomic E-state index is -5.08. The number of benzene rings is 2. The van der Waals surface area contributed by atoms with Crippen molar-refractivity contribution in [2.45, 2.75) is 52.3 Å². The number of ether oxygens (including phenoxy) is 1. The Morgan fingerprint density at radius 2 is 1.41 bits per heavy atom. The maximum absolute atomic E-state index is 12.9. The van der Waals surface area contributed by atoms with Gasteiger partial charge < -0.3 is 14.7 Å². The van der Waals surface area contributed by atoms with E-state index in [9.17, 15) is 22.8 Å². The van der Waals surface area contributed by atoms with E-state index in [1.807, 2.05) is 17.9 Å². The number of halogens is 3. The van der Waals surface area contributed by atoms with Crippen molar-refractivity contribution in [1.29, 1.82) is 0 Å². The fourth-order valence-corrected chi connectivity index (χ4v) is 5.07. The molecule has 0 atom stereocenters. The third kappa shape index (κ3) is 8.29. The number of likely N-dealkylation sites (tertiary alicyclic amines) is 2. The molecule has 2 aliphatic rings. The number of carboxylic acid groups (broad SMARTS) is 1. The molecule has 0 aromatic heterocycles. The number of ketones is 1. The number of carbonyl (C=O) groups excluding carboxylic acids is 2. The average Bonchev–Trinajstić information content (AvgIpc) is 2.91. The van der Waals surface area contributed by atoms with E-state index >= 15 is 0 Å². The molecular formula is C29H35F3N2O5. The molecule has 1 spiro atoms. The Morgan fingerprint density at radius 1 is 0.897 bits per heavy atom. The molecule has 4 rings (SSSR count). The smallest absolute Gasteiger partial charge is 0.490 e. The molecule has 2 fully saturated rings. The number of rotatable bonds is 6. The third-order valence-electron chi connectivity index (χ3n) is 7.48. The lowest BCUT2D eigenvalue weighted by Gasteiger charge is -2.47. The van der Waals surface area contributed by atoms with Crippen LogP contribution >= 0.6 is 0 Å². The summed E-state index contributed by atoms with van der Waals surface area (Å²) in [5.74, 6) is -1.65. The third-order valence-corrected chi connectivity index (χ3v) is 7.48. The summed E-state index contributed by atoms with van der Waals surface area (Å²) in [6, 6.07) is 15.4. The van der Waals surface area contributed by atoms with E-state index in [-0.39, 0.29) is 11.7 Å². The minimum Gasteiger partial charge on any atom is -0.494 e. The summed E-state index contributed by atoms with van der Waals surface area (Å²) < 4.78 is 37.5. The van der Waals surface area contributed by atoms with Crippen molar-refractivity contribution in [3.05, 3.63) is 65.2 Å². The van der Waals surface area contributed by atoms with Gasteiger partial charge in [-0.2, -0.15) is 13.2 Å². The van der Waals surface area contributed by atoms with Gasteiger partial charge in [-0.1, -0.05) is 30.3 Å². The molecule has 1 N–H and O–H groups in total. The second kappa shape index (κ2) is 13.1. The van der Waals surface area contributed by atoms with Gasteiger partial charge in [0.05, 0.1) is 6.61 Å². The molecular weight excluding hydrogens is 513 g/mol. The van der Waals surface area contributed by atoms with Crippen LogP contribution in [-0.4, -0.2) is 71.5 Å². The topological polar surface area (TPSA) is 87.2 Å². The maximum Gasteiger partial charge on any atom is 0.490 e. The number of piperidine rings is 2. The first-order chi connectivity index (χ1) is 18.4. The molecule has 2 aromatic rings. The average molecular weight is 549 g/mol. The summed E-state index contributed by atoms with van der Waals surface area (Å²) in [5.41, 5.74) is 2.95. The summed E-state index contributed by atoms with van der Waals surface area (Å²) in [7, 11) is 0. The molecule has 2 aliphatic heterocycles. The number of amides is 1. The standard InChI is InChI=1S/C27H34N2O3.C2HF3O2/c1-3-32-25-7-5-4-6-24(25)20-28-16-12-27(13-17-28)14-18-29(19-15-27)26(31)23-10-8-22(9-11-23)21(2)30;3-2(4,5)1(6)7/h4-11H,3,12-20H2,1-2H3;(H,6,7). The molecule has 0 saturated carbocycles. The van der Waals surface area contributed by atoms with Gasteiger partial charge in [-0.15, -0.1) is 0 Å². The normalized spacial score (nSPS) is 17.2. The van der Waals surface area contributed by atoms with Gasteiger partial charge in [0.2, 0.25) is 0 Å². The number of para-hydroxylation sites is 1. The van der Waals surface area contributed by atoms with E-state index in [2.05, 4.69) is 23.1 Å². The van der Waals surface area contributed by atoms with Crippen LogP contribution < -0.4 is 4.74 Å². The summed E-state index contributed by atoms with van der Waals surface area (Å²) in [6.45, 7) is 9.04. The minimum absolute atomic E-state index is 0.0247. The maximum atomic E-state index is 12.9. The zero-order valence-electron chi connectivity index (χ0n) is 22.3. The number of Topliss-reactive ketones (excluding diaryl/α,β-unsaturated/α-hetero) is 1. The highest BCUT2D eigenvalue weighted by atomic mass is 19.4. The van der Waals surface area contributed by atoms with Gasteiger partial charge in [0, 0.05) is 36.3 Å². The Balaban J connectivity index is 0.000000532. The lowest BCUT2D eigenvalue weighted by atomic mass is 9.71. The molecule has 0 bridgehead atoms. The zero-order valence-corrected chi connectivity index (χ0v) is 22.3. The van der Waals surface area contributed by atoms with E-state index < -0.39 is 12.1 Å². The Morgan fingerprint density at radius 3 is 1.92 bits per heavy atom. The van der Waals surface area contributed by atoms with Crippen molar-refractivity contribution in [1.82, 2.24) is 9.80 Å². The number of aliphatic carboxylic acids is 1. The van der Waals surface area contributed by atoms with E-state index in [1.54, 1.807) is 31.2 Å². The highest BCUT2D eigenvalue weighted by molar-refractivity contribution is 5.97. The van der Waals surface area contributed by atoms with Crippen LogP contribution in [0.2, 0.25) is 0 Å². The fraction of sp³-hybridized carbons (Fsp3) is 0.483. The number of carboxylic acids is 1. The van der Waals surface area contributed by atoms with Crippen molar-refractivity contribution >= 4 is 17.7 Å². The summed E-state index contributed by atoms with van der Waals surface area (Å²) in [6.07, 6.45) is -0.542. The Kier molecular flexibility index (Phi) is 10.1. The van der Waals surface area contributed by atoms with E-state index in [0.29, 0.717) is 23.1 Å². The lowest BCUT2D eigenvalue weighted by molar-refractivity contribution is -0.192. The van der Waals surface area contributed by atoms with Crippen LogP contribution in [0.4, 0.5) is 13.2 Å². The molecule has 0 aliphatic carbocycles. The highest BCUT2D eigenvalue weighted by Gasteiger charge is 2.39. The van der Waals surface area contributed by atoms with Crippen molar-refractivity contribution in [3.8, 4) is 5.75 Å². The number of carbonyl (C=O) groups is 3. The van der Waals surface area contributed by atoms with Gasteiger partial charge in [0.25, 0.3) is 5.91 Å². The highest BCUT2D eigenvalue weighted by Crippen LogP contribution is 2.42. The lowest BCUT2D eigenvalue weighted by Crippen LogP contribution is -2.48. The Bertz CT molecular complexity index is 1130. The van der Waals surface area contributed by atoms with E-state index in [4.69, 9.17) is 14.6 Å². The summed E-state index contributed by atoms with van der Waals surface area (Å²) in [5, 5.41) is 7.12. The van der Waals surface area contributed by atoms with Crippen LogP contribution in [0.3, 0.4) is 0 Å². The van der Waals surface area contributed by atoms with Crippen LogP contribution in [0.25, 0.3) is 0 Å². The van der Waals surface area contributed by atoms with Crippen molar-refractivity contribution in [2.24, 2.45) is 5.41 Å². The van der Waals surface area contributed by atoms with Crippen LogP contribution in [0.1, 0.15) is 65.8 Å². The van der Waals surface area contributed by atoms with Gasteiger partial charge in [0.1, 0.15) is 5.75 Å². The Labute approximate surface area is 226 Å². The number of alkyl halides is 3. The second-order valence-electron chi connectivity index (χ2n) is 10.0. The van der Waals surface area contributed by atoms with Crippen LogP contribution in [0.5, 0.6) is 5.75 Å².